The van der Waals surface area contributed by atoms with E-state index in [2.05, 4.69) is 91.0 Å². The SMILES string of the molecule is c1ccc(-c2nc(-c3ccccc3)nc(-c3cccc4c(-c5ccc6c(c5)sc5ccc7nc(-c8ccccc8)sc7c56)cccc34)n2)cc1. The summed E-state index contributed by atoms with van der Waals surface area (Å²) in [4.78, 5) is 20.0. The Bertz CT molecular complexity index is 2800. The fraction of sp³-hybridized carbons (Fsp3) is 0. The fourth-order valence-electron chi connectivity index (χ4n) is 6.80. The summed E-state index contributed by atoms with van der Waals surface area (Å²) in [5.41, 5.74) is 7.46. The Morgan fingerprint density at radius 1 is 0.360 bits per heavy atom. The van der Waals surface area contributed by atoms with Gasteiger partial charge < -0.3 is 0 Å². The second-order valence-corrected chi connectivity index (χ2v) is 14.3. The number of aromatic nitrogens is 4. The van der Waals surface area contributed by atoms with E-state index in [9.17, 15) is 0 Å². The van der Waals surface area contributed by atoms with Crippen molar-refractivity contribution in [3.8, 4) is 55.9 Å². The first-order valence-electron chi connectivity index (χ1n) is 16.5. The van der Waals surface area contributed by atoms with Gasteiger partial charge in [0, 0.05) is 42.4 Å². The maximum Gasteiger partial charge on any atom is 0.164 e. The van der Waals surface area contributed by atoms with Gasteiger partial charge >= 0.3 is 0 Å². The van der Waals surface area contributed by atoms with E-state index in [0.717, 1.165) is 43.6 Å². The van der Waals surface area contributed by atoms with Crippen LogP contribution in [0.5, 0.6) is 0 Å². The third kappa shape index (κ3) is 4.88. The van der Waals surface area contributed by atoms with Crippen molar-refractivity contribution in [1.82, 2.24) is 19.9 Å². The molecule has 0 radical (unpaired) electrons. The standard InChI is InChI=1S/C44H26N4S2/c1-4-12-27(13-5-1)41-46-42(28-14-6-2-7-15-28)48-43(47-41)34-21-11-19-32-31(18-10-20-33(32)34)30-22-23-35-38(26-30)49-37-25-24-36-40(39(35)37)50-44(45-36)29-16-8-3-9-17-29/h1-26H. The van der Waals surface area contributed by atoms with Gasteiger partial charge in [0.05, 0.1) is 10.2 Å². The van der Waals surface area contributed by atoms with Gasteiger partial charge in [-0.05, 0) is 40.1 Å². The smallest absolute Gasteiger partial charge is 0.164 e. The van der Waals surface area contributed by atoms with Crippen molar-refractivity contribution in [2.75, 3.05) is 0 Å². The molecule has 4 nitrogen and oxygen atoms in total. The van der Waals surface area contributed by atoms with E-state index in [4.69, 9.17) is 19.9 Å². The molecule has 10 rings (SSSR count). The summed E-state index contributed by atoms with van der Waals surface area (Å²) >= 11 is 3.63. The first-order valence-corrected chi connectivity index (χ1v) is 18.1. The molecule has 234 valence electrons. The molecule has 0 N–H and O–H groups in total. The average molecular weight is 675 g/mol. The number of hydrogen-bond donors (Lipinski definition) is 0. The highest BCUT2D eigenvalue weighted by molar-refractivity contribution is 7.28. The van der Waals surface area contributed by atoms with Gasteiger partial charge in [-0.2, -0.15) is 0 Å². The summed E-state index contributed by atoms with van der Waals surface area (Å²) in [6.45, 7) is 0. The molecule has 0 bridgehead atoms. The van der Waals surface area contributed by atoms with E-state index in [1.54, 1.807) is 11.3 Å². The van der Waals surface area contributed by atoms with Crippen LogP contribution < -0.4 is 0 Å². The molecular formula is C44H26N4S2. The molecule has 7 aromatic carbocycles. The van der Waals surface area contributed by atoms with Crippen molar-refractivity contribution in [2.24, 2.45) is 0 Å². The summed E-state index contributed by atoms with van der Waals surface area (Å²) in [7, 11) is 0. The van der Waals surface area contributed by atoms with E-state index in [0.29, 0.717) is 17.5 Å². The molecule has 0 aliphatic rings. The lowest BCUT2D eigenvalue weighted by Crippen LogP contribution is -2.00. The van der Waals surface area contributed by atoms with Crippen molar-refractivity contribution in [1.29, 1.82) is 0 Å². The third-order valence-corrected chi connectivity index (χ3v) is 11.4. The quantitative estimate of drug-likeness (QED) is 0.182. The van der Waals surface area contributed by atoms with Crippen LogP contribution in [0.4, 0.5) is 0 Å². The normalized spacial score (nSPS) is 11.6. The van der Waals surface area contributed by atoms with Crippen LogP contribution in [0.1, 0.15) is 0 Å². The molecule has 0 spiro atoms. The van der Waals surface area contributed by atoms with E-state index in [1.807, 2.05) is 78.1 Å². The number of hydrogen-bond acceptors (Lipinski definition) is 6. The van der Waals surface area contributed by atoms with Crippen LogP contribution in [0.2, 0.25) is 0 Å². The predicted octanol–water partition coefficient (Wildman–Crippen LogP) is 12.3. The second-order valence-electron chi connectivity index (χ2n) is 12.2. The van der Waals surface area contributed by atoms with Gasteiger partial charge in [0.2, 0.25) is 0 Å². The minimum Gasteiger partial charge on any atom is -0.236 e. The fourth-order valence-corrected chi connectivity index (χ4v) is 9.15. The maximum atomic E-state index is 5.04. The minimum atomic E-state index is 0.656. The van der Waals surface area contributed by atoms with Crippen molar-refractivity contribution < 1.29 is 0 Å². The van der Waals surface area contributed by atoms with Crippen LogP contribution in [0.3, 0.4) is 0 Å². The van der Waals surface area contributed by atoms with Crippen molar-refractivity contribution in [3.05, 3.63) is 158 Å². The Morgan fingerprint density at radius 3 is 1.64 bits per heavy atom. The van der Waals surface area contributed by atoms with Gasteiger partial charge in [-0.3, -0.25) is 0 Å². The summed E-state index contributed by atoms with van der Waals surface area (Å²) in [5.74, 6) is 1.97. The van der Waals surface area contributed by atoms with Gasteiger partial charge in [0.25, 0.3) is 0 Å². The molecule has 0 amide bonds. The summed E-state index contributed by atoms with van der Waals surface area (Å²) < 4.78 is 3.80. The van der Waals surface area contributed by atoms with E-state index in [1.165, 1.54) is 36.0 Å². The molecule has 0 atom stereocenters. The number of rotatable bonds is 5. The Labute approximate surface area is 296 Å². The van der Waals surface area contributed by atoms with E-state index in [-0.39, 0.29) is 0 Å². The lowest BCUT2D eigenvalue weighted by Gasteiger charge is -2.12. The van der Waals surface area contributed by atoms with Gasteiger partial charge in [0.15, 0.2) is 17.5 Å². The molecule has 50 heavy (non-hydrogen) atoms. The van der Waals surface area contributed by atoms with Gasteiger partial charge in [-0.25, -0.2) is 19.9 Å². The van der Waals surface area contributed by atoms with Gasteiger partial charge in [-0.1, -0.05) is 140 Å². The van der Waals surface area contributed by atoms with Crippen LogP contribution in [-0.2, 0) is 0 Å². The molecule has 0 aliphatic carbocycles. The topological polar surface area (TPSA) is 51.6 Å². The van der Waals surface area contributed by atoms with Crippen LogP contribution in [0, 0.1) is 0 Å². The highest BCUT2D eigenvalue weighted by atomic mass is 32.1. The number of fused-ring (bicyclic) bond motifs is 6. The largest absolute Gasteiger partial charge is 0.236 e. The third-order valence-electron chi connectivity index (χ3n) is 9.18. The maximum absolute atomic E-state index is 5.04. The first kappa shape index (κ1) is 28.9. The monoisotopic (exact) mass is 674 g/mol. The summed E-state index contributed by atoms with van der Waals surface area (Å²) in [5, 5.41) is 5.89. The molecule has 0 aliphatic heterocycles. The van der Waals surface area contributed by atoms with Crippen LogP contribution >= 0.6 is 22.7 Å². The molecule has 10 aromatic rings. The molecule has 3 aromatic heterocycles. The van der Waals surface area contributed by atoms with E-state index >= 15 is 0 Å². The van der Waals surface area contributed by atoms with Crippen LogP contribution in [-0.4, -0.2) is 19.9 Å². The minimum absolute atomic E-state index is 0.656. The van der Waals surface area contributed by atoms with Crippen molar-refractivity contribution in [2.45, 2.75) is 0 Å². The predicted molar refractivity (Wildman–Crippen MR) is 211 cm³/mol. The van der Waals surface area contributed by atoms with Gasteiger partial charge in [0.1, 0.15) is 5.01 Å². The highest BCUT2D eigenvalue weighted by Gasteiger charge is 2.17. The Balaban J connectivity index is 1.11. The lowest BCUT2D eigenvalue weighted by molar-refractivity contribution is 1.08. The summed E-state index contributed by atoms with van der Waals surface area (Å²) in [6.07, 6.45) is 0. The number of benzene rings is 7. The Kier molecular flexibility index (Phi) is 6.82. The molecule has 6 heteroatoms. The first-order chi connectivity index (χ1) is 24.8. The number of thiophene rings is 1. The lowest BCUT2D eigenvalue weighted by atomic mass is 9.95. The summed E-state index contributed by atoms with van der Waals surface area (Å²) in [6, 6.07) is 54.9. The van der Waals surface area contributed by atoms with Crippen molar-refractivity contribution >= 4 is 63.8 Å². The number of thiazole rings is 1. The molecule has 0 fully saturated rings. The van der Waals surface area contributed by atoms with Crippen LogP contribution in [0.25, 0.3) is 97.0 Å². The molecular weight excluding hydrogens is 649 g/mol. The molecule has 0 saturated carbocycles. The Morgan fingerprint density at radius 2 is 0.960 bits per heavy atom. The Hall–Kier alpha value is -6.08. The van der Waals surface area contributed by atoms with Gasteiger partial charge in [-0.15, -0.1) is 22.7 Å². The number of nitrogens with zero attached hydrogens (tertiary/aromatic N) is 4. The molecule has 0 saturated heterocycles. The molecule has 0 unspecified atom stereocenters. The van der Waals surface area contributed by atoms with Crippen LogP contribution in [0.15, 0.2) is 158 Å². The second kappa shape index (κ2) is 11.8. The van der Waals surface area contributed by atoms with Crippen molar-refractivity contribution in [3.63, 3.8) is 0 Å². The molecule has 3 heterocycles. The average Bonchev–Trinajstić information content (AvgIpc) is 3.80. The zero-order chi connectivity index (χ0) is 33.0. The highest BCUT2D eigenvalue weighted by Crippen LogP contribution is 2.44. The van der Waals surface area contributed by atoms with E-state index < -0.39 is 0 Å². The zero-order valence-electron chi connectivity index (χ0n) is 26.6. The zero-order valence-corrected chi connectivity index (χ0v) is 28.2.